The summed E-state index contributed by atoms with van der Waals surface area (Å²) in [6.45, 7) is 1.65. The van der Waals surface area contributed by atoms with Crippen LogP contribution in [0.25, 0.3) is 6.08 Å². The molecule has 1 amide bonds. The number of amides is 1. The number of benzene rings is 2. The highest BCUT2D eigenvalue weighted by molar-refractivity contribution is 6.30. The fourth-order valence-corrected chi connectivity index (χ4v) is 2.65. The number of hydrogen-bond acceptors (Lipinski definition) is 4. The number of ether oxygens (including phenoxy) is 2. The third kappa shape index (κ3) is 5.15. The summed E-state index contributed by atoms with van der Waals surface area (Å²) in [5.74, 6) is -1.06. The maximum absolute atomic E-state index is 13.6. The van der Waals surface area contributed by atoms with Crippen molar-refractivity contribution in [1.29, 1.82) is 0 Å². The van der Waals surface area contributed by atoms with Crippen LogP contribution in [0, 0.1) is 5.82 Å². The Morgan fingerprint density at radius 2 is 1.81 bits per heavy atom. The highest BCUT2D eigenvalue weighted by Gasteiger charge is 2.21. The molecule has 3 rings (SSSR count). The first-order valence-electron chi connectivity index (χ1n) is 8.35. The van der Waals surface area contributed by atoms with Gasteiger partial charge >= 0.3 is 6.09 Å². The molecule has 2 aromatic carbocycles. The van der Waals surface area contributed by atoms with Gasteiger partial charge in [-0.3, -0.25) is 4.79 Å². The molecule has 2 aromatic rings. The van der Waals surface area contributed by atoms with Gasteiger partial charge < -0.3 is 14.4 Å². The van der Waals surface area contributed by atoms with E-state index in [-0.39, 0.29) is 11.3 Å². The van der Waals surface area contributed by atoms with E-state index in [0.29, 0.717) is 31.3 Å². The molecule has 0 N–H and O–H groups in total. The van der Waals surface area contributed by atoms with Gasteiger partial charge in [0.05, 0.1) is 18.8 Å². The van der Waals surface area contributed by atoms with Crippen LogP contribution in [-0.4, -0.2) is 43.1 Å². The number of carbonyl (C=O) groups is 2. The molecule has 0 aromatic heterocycles. The minimum absolute atomic E-state index is 0.0126. The topological polar surface area (TPSA) is 55.8 Å². The summed E-state index contributed by atoms with van der Waals surface area (Å²) in [5.41, 5.74) is 0.734. The van der Waals surface area contributed by atoms with Gasteiger partial charge in [-0.1, -0.05) is 29.8 Å². The highest BCUT2D eigenvalue weighted by Crippen LogP contribution is 2.22. The zero-order chi connectivity index (χ0) is 19.2. The summed E-state index contributed by atoms with van der Waals surface area (Å²) >= 11 is 5.83. The molecule has 1 saturated heterocycles. The van der Waals surface area contributed by atoms with Crippen molar-refractivity contribution in [3.8, 4) is 5.75 Å². The zero-order valence-corrected chi connectivity index (χ0v) is 15.1. The lowest BCUT2D eigenvalue weighted by molar-refractivity contribution is 0.0415. The number of rotatable bonds is 4. The summed E-state index contributed by atoms with van der Waals surface area (Å²) in [4.78, 5) is 26.2. The summed E-state index contributed by atoms with van der Waals surface area (Å²) in [5, 5.41) is 0.584. The second-order valence-corrected chi connectivity index (χ2v) is 6.29. The lowest BCUT2D eigenvalue weighted by Crippen LogP contribution is -2.42. The number of morpholine rings is 1. The van der Waals surface area contributed by atoms with Gasteiger partial charge in [0.2, 0.25) is 0 Å². The van der Waals surface area contributed by atoms with E-state index >= 15 is 0 Å². The van der Waals surface area contributed by atoms with Crippen molar-refractivity contribution in [3.05, 3.63) is 70.5 Å². The molecule has 1 fully saturated rings. The Balaban J connectivity index is 1.77. The third-order valence-corrected chi connectivity index (χ3v) is 4.22. The van der Waals surface area contributed by atoms with E-state index in [9.17, 15) is 14.0 Å². The number of nitrogens with zero attached hydrogens (tertiary/aromatic N) is 1. The zero-order valence-electron chi connectivity index (χ0n) is 14.4. The lowest BCUT2D eigenvalue weighted by atomic mass is 10.1. The summed E-state index contributed by atoms with van der Waals surface area (Å²) < 4.78 is 24.2. The average Bonchev–Trinajstić information content (AvgIpc) is 2.69. The predicted molar refractivity (Wildman–Crippen MR) is 99.6 cm³/mol. The van der Waals surface area contributed by atoms with Crippen molar-refractivity contribution in [1.82, 2.24) is 4.90 Å². The van der Waals surface area contributed by atoms with E-state index in [4.69, 9.17) is 21.1 Å². The Morgan fingerprint density at radius 1 is 1.11 bits per heavy atom. The van der Waals surface area contributed by atoms with Gasteiger partial charge in [0.15, 0.2) is 5.78 Å². The van der Waals surface area contributed by atoms with Crippen LogP contribution in [0.2, 0.25) is 5.02 Å². The summed E-state index contributed by atoms with van der Waals surface area (Å²) in [6.07, 6.45) is 2.28. The van der Waals surface area contributed by atoms with Crippen LogP contribution in [0.5, 0.6) is 5.75 Å². The van der Waals surface area contributed by atoms with Crippen molar-refractivity contribution < 1.29 is 23.5 Å². The van der Waals surface area contributed by atoms with Gasteiger partial charge in [0.25, 0.3) is 0 Å². The first-order valence-corrected chi connectivity index (χ1v) is 8.73. The molecule has 0 aliphatic carbocycles. The first-order chi connectivity index (χ1) is 13.0. The third-order valence-electron chi connectivity index (χ3n) is 3.97. The van der Waals surface area contributed by atoms with Crippen molar-refractivity contribution in [2.45, 2.75) is 0 Å². The molecule has 0 bridgehead atoms. The second-order valence-electron chi connectivity index (χ2n) is 5.86. The van der Waals surface area contributed by atoms with Gasteiger partial charge in [-0.05, 0) is 42.0 Å². The Morgan fingerprint density at radius 3 is 2.52 bits per heavy atom. The molecule has 140 valence electrons. The van der Waals surface area contributed by atoms with E-state index in [1.165, 1.54) is 17.0 Å². The van der Waals surface area contributed by atoms with E-state index in [2.05, 4.69) is 0 Å². The number of hydrogen-bond donors (Lipinski definition) is 0. The molecule has 1 heterocycles. The molecule has 0 saturated carbocycles. The standard InChI is InChI=1S/C20H17ClFNO4/c21-15-4-1-14(2-5-15)3-7-18(24)17-13-16(22)6-8-19(17)27-20(25)23-9-11-26-12-10-23/h1-8,13H,9-12H2. The molecule has 1 aliphatic heterocycles. The first kappa shape index (κ1) is 19.1. The summed E-state index contributed by atoms with van der Waals surface area (Å²) in [7, 11) is 0. The minimum atomic E-state index is -0.597. The number of carbonyl (C=O) groups excluding carboxylic acids is 2. The molecule has 7 heteroatoms. The van der Waals surface area contributed by atoms with E-state index < -0.39 is 17.7 Å². The smallest absolute Gasteiger partial charge is 0.409 e. The second kappa shape index (κ2) is 8.79. The van der Waals surface area contributed by atoms with Crippen LogP contribution in [0.4, 0.5) is 9.18 Å². The van der Waals surface area contributed by atoms with Crippen molar-refractivity contribution in [3.63, 3.8) is 0 Å². The maximum atomic E-state index is 13.6. The molecule has 0 spiro atoms. The van der Waals surface area contributed by atoms with E-state index in [1.807, 2.05) is 0 Å². The van der Waals surface area contributed by atoms with Crippen LogP contribution in [0.3, 0.4) is 0 Å². The highest BCUT2D eigenvalue weighted by atomic mass is 35.5. The average molecular weight is 390 g/mol. The van der Waals surface area contributed by atoms with E-state index in [0.717, 1.165) is 17.7 Å². The largest absolute Gasteiger partial charge is 0.415 e. The molecule has 1 aliphatic rings. The van der Waals surface area contributed by atoms with Crippen LogP contribution in [0.1, 0.15) is 15.9 Å². The minimum Gasteiger partial charge on any atom is -0.409 e. The Kier molecular flexibility index (Phi) is 6.21. The molecule has 0 atom stereocenters. The molecule has 0 unspecified atom stereocenters. The quantitative estimate of drug-likeness (QED) is 0.580. The monoisotopic (exact) mass is 389 g/mol. The van der Waals surface area contributed by atoms with Crippen molar-refractivity contribution in [2.75, 3.05) is 26.3 Å². The summed E-state index contributed by atoms with van der Waals surface area (Å²) in [6, 6.07) is 10.4. The Hall–Kier alpha value is -2.70. The number of halogens is 2. The van der Waals surface area contributed by atoms with Gasteiger partial charge in [-0.15, -0.1) is 0 Å². The van der Waals surface area contributed by atoms with Gasteiger partial charge in [0.1, 0.15) is 11.6 Å². The molecular weight excluding hydrogens is 373 g/mol. The predicted octanol–water partition coefficient (Wildman–Crippen LogP) is 4.21. The van der Waals surface area contributed by atoms with Gasteiger partial charge in [-0.25, -0.2) is 9.18 Å². The molecule has 27 heavy (non-hydrogen) atoms. The maximum Gasteiger partial charge on any atom is 0.415 e. The van der Waals surface area contributed by atoms with Crippen molar-refractivity contribution in [2.24, 2.45) is 0 Å². The fourth-order valence-electron chi connectivity index (χ4n) is 2.52. The Bertz CT molecular complexity index is 861. The van der Waals surface area contributed by atoms with Crippen LogP contribution in [-0.2, 0) is 4.74 Å². The Labute approximate surface area is 160 Å². The lowest BCUT2D eigenvalue weighted by Gasteiger charge is -2.26. The van der Waals surface area contributed by atoms with Crippen LogP contribution >= 0.6 is 11.6 Å². The van der Waals surface area contributed by atoms with Gasteiger partial charge in [-0.2, -0.15) is 0 Å². The number of ketones is 1. The molecular formula is C20H17ClFNO4. The molecule has 0 radical (unpaired) electrons. The normalized spacial score (nSPS) is 14.4. The molecule has 5 nitrogen and oxygen atoms in total. The van der Waals surface area contributed by atoms with Gasteiger partial charge in [0, 0.05) is 18.1 Å². The fraction of sp³-hybridized carbons (Fsp3) is 0.200. The number of allylic oxidation sites excluding steroid dienone is 1. The van der Waals surface area contributed by atoms with Crippen LogP contribution in [0.15, 0.2) is 48.5 Å². The van der Waals surface area contributed by atoms with Crippen LogP contribution < -0.4 is 4.74 Å². The SMILES string of the molecule is O=C(C=Cc1ccc(Cl)cc1)c1cc(F)ccc1OC(=O)N1CCOCC1. The van der Waals surface area contributed by atoms with E-state index in [1.54, 1.807) is 30.3 Å². The van der Waals surface area contributed by atoms with Crippen molar-refractivity contribution >= 4 is 29.6 Å².